The number of esters is 1. The van der Waals surface area contributed by atoms with Crippen LogP contribution in [-0.4, -0.2) is 36.3 Å². The third-order valence-corrected chi connectivity index (χ3v) is 3.08. The van der Waals surface area contributed by atoms with Crippen LogP contribution < -0.4 is 0 Å². The molecule has 2 atom stereocenters. The van der Waals surface area contributed by atoms with E-state index in [1.54, 1.807) is 13.0 Å². The minimum absolute atomic E-state index is 0.203. The minimum Gasteiger partial charge on any atom is -0.463 e. The molecule has 1 heterocycles. The van der Waals surface area contributed by atoms with Gasteiger partial charge in [0.25, 0.3) is 0 Å². The maximum atomic E-state index is 11.8. The summed E-state index contributed by atoms with van der Waals surface area (Å²) in [4.78, 5) is 36.1. The highest BCUT2D eigenvalue weighted by molar-refractivity contribution is 6.11. The number of nitrogens with zero attached hydrogens (tertiary/aromatic N) is 1. The lowest BCUT2D eigenvalue weighted by Gasteiger charge is -2.10. The fourth-order valence-corrected chi connectivity index (χ4v) is 2.27. The van der Waals surface area contributed by atoms with Crippen LogP contribution in [0.4, 0.5) is 0 Å². The Morgan fingerprint density at radius 2 is 2.19 bits per heavy atom. The number of fused-ring (bicyclic) bond motifs is 1. The molecule has 5 nitrogen and oxygen atoms in total. The third-order valence-electron chi connectivity index (χ3n) is 3.08. The lowest BCUT2D eigenvalue weighted by Crippen LogP contribution is -2.28. The van der Waals surface area contributed by atoms with Crippen LogP contribution in [0.15, 0.2) is 11.6 Å². The average molecular weight is 223 g/mol. The molecular formula is C11H13NO4. The van der Waals surface area contributed by atoms with Gasteiger partial charge in [-0.2, -0.15) is 0 Å². The van der Waals surface area contributed by atoms with Crippen molar-refractivity contribution < 1.29 is 19.1 Å². The number of rotatable bonds is 2. The Morgan fingerprint density at radius 3 is 2.81 bits per heavy atom. The van der Waals surface area contributed by atoms with E-state index in [0.717, 1.165) is 4.90 Å². The van der Waals surface area contributed by atoms with E-state index < -0.39 is 17.8 Å². The van der Waals surface area contributed by atoms with Gasteiger partial charge in [0.2, 0.25) is 11.8 Å². The zero-order valence-electron chi connectivity index (χ0n) is 9.23. The normalized spacial score (nSPS) is 28.1. The maximum Gasteiger partial charge on any atom is 0.334 e. The van der Waals surface area contributed by atoms with Gasteiger partial charge < -0.3 is 4.74 Å². The predicted octanol–water partition coefficient (Wildman–Crippen LogP) is 0.111. The van der Waals surface area contributed by atoms with E-state index in [1.165, 1.54) is 7.05 Å². The van der Waals surface area contributed by atoms with Crippen molar-refractivity contribution in [3.8, 4) is 0 Å². The van der Waals surface area contributed by atoms with Crippen LogP contribution in [0.3, 0.4) is 0 Å². The molecule has 2 aliphatic rings. The molecule has 2 amide bonds. The highest BCUT2D eigenvalue weighted by atomic mass is 16.5. The molecule has 2 rings (SSSR count). The molecule has 0 spiro atoms. The van der Waals surface area contributed by atoms with Gasteiger partial charge in [0.15, 0.2) is 0 Å². The summed E-state index contributed by atoms with van der Waals surface area (Å²) in [6.07, 6.45) is 2.10. The zero-order valence-corrected chi connectivity index (χ0v) is 9.23. The summed E-state index contributed by atoms with van der Waals surface area (Å²) in [6.45, 7) is 1.98. The van der Waals surface area contributed by atoms with Gasteiger partial charge in [-0.25, -0.2) is 4.79 Å². The molecule has 0 bridgehead atoms. The van der Waals surface area contributed by atoms with Crippen LogP contribution in [0.2, 0.25) is 0 Å². The van der Waals surface area contributed by atoms with Gasteiger partial charge in [-0.3, -0.25) is 14.5 Å². The second-order valence-corrected chi connectivity index (χ2v) is 3.94. The first-order chi connectivity index (χ1) is 7.57. The second kappa shape index (κ2) is 3.73. The van der Waals surface area contributed by atoms with Crippen molar-refractivity contribution in [1.29, 1.82) is 0 Å². The van der Waals surface area contributed by atoms with Crippen LogP contribution in [0.25, 0.3) is 0 Å². The predicted molar refractivity (Wildman–Crippen MR) is 54.1 cm³/mol. The zero-order chi connectivity index (χ0) is 11.9. The number of carbonyl (C=O) groups excluding carboxylic acids is 3. The van der Waals surface area contributed by atoms with Crippen molar-refractivity contribution >= 4 is 17.8 Å². The van der Waals surface area contributed by atoms with Gasteiger partial charge in [0.05, 0.1) is 18.4 Å². The van der Waals surface area contributed by atoms with Crippen molar-refractivity contribution in [2.45, 2.75) is 13.3 Å². The Morgan fingerprint density at radius 1 is 1.50 bits per heavy atom. The third kappa shape index (κ3) is 1.35. The molecule has 1 aliphatic carbocycles. The van der Waals surface area contributed by atoms with Gasteiger partial charge >= 0.3 is 5.97 Å². The number of ether oxygens (including phenoxy) is 1. The van der Waals surface area contributed by atoms with Gasteiger partial charge in [-0.05, 0) is 13.3 Å². The van der Waals surface area contributed by atoms with E-state index in [-0.39, 0.29) is 18.4 Å². The lowest BCUT2D eigenvalue weighted by molar-refractivity contribution is -0.142. The molecule has 5 heteroatoms. The summed E-state index contributed by atoms with van der Waals surface area (Å²) in [6, 6.07) is 0. The molecule has 1 saturated heterocycles. The summed E-state index contributed by atoms with van der Waals surface area (Å²) < 4.78 is 4.86. The fraction of sp³-hybridized carbons (Fsp3) is 0.545. The first-order valence-electron chi connectivity index (χ1n) is 5.26. The Labute approximate surface area is 93.0 Å². The molecule has 16 heavy (non-hydrogen) atoms. The highest BCUT2D eigenvalue weighted by Gasteiger charge is 2.51. The summed E-state index contributed by atoms with van der Waals surface area (Å²) in [5, 5.41) is 0. The molecule has 0 N–H and O–H groups in total. The fourth-order valence-electron chi connectivity index (χ4n) is 2.27. The van der Waals surface area contributed by atoms with Crippen molar-refractivity contribution in [2.24, 2.45) is 11.8 Å². The number of hydrogen-bond donors (Lipinski definition) is 0. The standard InChI is InChI=1S/C11H13NO4/c1-3-16-11(15)7-5-4-6-8(7)10(14)12(2)9(6)13/h5-6,8H,3-4H2,1-2H3. The van der Waals surface area contributed by atoms with Gasteiger partial charge in [0.1, 0.15) is 0 Å². The Kier molecular flexibility index (Phi) is 2.53. The van der Waals surface area contributed by atoms with E-state index in [2.05, 4.69) is 0 Å². The first-order valence-corrected chi connectivity index (χ1v) is 5.26. The topological polar surface area (TPSA) is 63.7 Å². The Bertz CT molecular complexity index is 399. The Hall–Kier alpha value is -1.65. The molecule has 0 radical (unpaired) electrons. The van der Waals surface area contributed by atoms with E-state index in [1.807, 2.05) is 0 Å². The average Bonchev–Trinajstić information content (AvgIpc) is 2.77. The van der Waals surface area contributed by atoms with E-state index in [0.29, 0.717) is 12.0 Å². The van der Waals surface area contributed by atoms with Crippen LogP contribution in [0.1, 0.15) is 13.3 Å². The van der Waals surface area contributed by atoms with Crippen molar-refractivity contribution in [1.82, 2.24) is 4.90 Å². The van der Waals surface area contributed by atoms with Gasteiger partial charge in [-0.15, -0.1) is 0 Å². The molecule has 1 fully saturated rings. The molecule has 2 unspecified atom stereocenters. The largest absolute Gasteiger partial charge is 0.463 e. The van der Waals surface area contributed by atoms with E-state index >= 15 is 0 Å². The van der Waals surface area contributed by atoms with Gasteiger partial charge in [0, 0.05) is 12.6 Å². The summed E-state index contributed by atoms with van der Waals surface area (Å²) in [5.74, 6) is -1.99. The number of allylic oxidation sites excluding steroid dienone is 1. The van der Waals surface area contributed by atoms with Crippen LogP contribution in [0, 0.1) is 11.8 Å². The summed E-state index contributed by atoms with van der Waals surface area (Å²) in [5.41, 5.74) is 0.342. The number of hydrogen-bond acceptors (Lipinski definition) is 4. The smallest absolute Gasteiger partial charge is 0.334 e. The Balaban J connectivity index is 2.24. The molecule has 0 aromatic rings. The van der Waals surface area contributed by atoms with Crippen LogP contribution >= 0.6 is 0 Å². The van der Waals surface area contributed by atoms with E-state index in [4.69, 9.17) is 4.74 Å². The van der Waals surface area contributed by atoms with Gasteiger partial charge in [-0.1, -0.05) is 6.08 Å². The van der Waals surface area contributed by atoms with Crippen molar-refractivity contribution in [2.75, 3.05) is 13.7 Å². The molecule has 0 aromatic carbocycles. The quantitative estimate of drug-likeness (QED) is 0.492. The number of likely N-dealkylation sites (tertiary alicyclic amines) is 1. The van der Waals surface area contributed by atoms with Crippen LogP contribution in [0.5, 0.6) is 0 Å². The first kappa shape index (κ1) is 10.9. The van der Waals surface area contributed by atoms with Crippen LogP contribution in [-0.2, 0) is 19.1 Å². The highest BCUT2D eigenvalue weighted by Crippen LogP contribution is 2.39. The number of imide groups is 1. The lowest BCUT2D eigenvalue weighted by atomic mass is 9.94. The number of carbonyl (C=O) groups is 3. The maximum absolute atomic E-state index is 11.8. The second-order valence-electron chi connectivity index (χ2n) is 3.94. The molecular weight excluding hydrogens is 210 g/mol. The molecule has 0 saturated carbocycles. The monoisotopic (exact) mass is 223 g/mol. The number of amides is 2. The van der Waals surface area contributed by atoms with Crippen molar-refractivity contribution in [3.63, 3.8) is 0 Å². The summed E-state index contributed by atoms with van der Waals surface area (Å²) >= 11 is 0. The molecule has 0 aromatic heterocycles. The summed E-state index contributed by atoms with van der Waals surface area (Å²) in [7, 11) is 1.45. The van der Waals surface area contributed by atoms with Crippen molar-refractivity contribution in [3.05, 3.63) is 11.6 Å². The molecule has 1 aliphatic heterocycles. The SMILES string of the molecule is CCOC(=O)C1=CCC2C(=O)N(C)C(=O)C12. The molecule has 86 valence electrons. The minimum atomic E-state index is -0.614. The van der Waals surface area contributed by atoms with E-state index in [9.17, 15) is 14.4 Å².